The first-order valence-electron chi connectivity index (χ1n) is 8.92. The minimum atomic E-state index is -0.466. The summed E-state index contributed by atoms with van der Waals surface area (Å²) in [6.07, 6.45) is 1.72. The predicted molar refractivity (Wildman–Crippen MR) is 112 cm³/mol. The van der Waals surface area contributed by atoms with Crippen LogP contribution in [-0.4, -0.2) is 28.3 Å². The summed E-state index contributed by atoms with van der Waals surface area (Å²) in [5, 5.41) is 4.25. The number of methoxy groups -OCH3 is 1. The number of nitrogens with zero attached hydrogens (tertiary/aromatic N) is 3. The van der Waals surface area contributed by atoms with Crippen molar-refractivity contribution in [2.45, 2.75) is 6.92 Å². The molecule has 29 heavy (non-hydrogen) atoms. The molecule has 2 aromatic carbocycles. The van der Waals surface area contributed by atoms with Gasteiger partial charge in [0.15, 0.2) is 17.2 Å². The summed E-state index contributed by atoms with van der Waals surface area (Å²) in [5.41, 5.74) is 0.730. The second kappa shape index (κ2) is 7.84. The molecule has 0 bridgehead atoms. The number of fused-ring (bicyclic) bond motifs is 1. The van der Waals surface area contributed by atoms with Crippen molar-refractivity contribution in [1.82, 2.24) is 14.6 Å². The molecule has 0 saturated carbocycles. The third-order valence-corrected chi connectivity index (χ3v) is 5.18. The molecular formula is C21H17N3O4S. The van der Waals surface area contributed by atoms with Crippen LogP contribution < -0.4 is 25.1 Å². The maximum atomic E-state index is 12.8. The monoisotopic (exact) mass is 407 g/mol. The van der Waals surface area contributed by atoms with Crippen molar-refractivity contribution < 1.29 is 9.47 Å². The summed E-state index contributed by atoms with van der Waals surface area (Å²) in [5.74, 6) is 1.21. The summed E-state index contributed by atoms with van der Waals surface area (Å²) in [6, 6.07) is 14.4. The molecule has 0 unspecified atom stereocenters. The van der Waals surface area contributed by atoms with E-state index in [1.165, 1.54) is 4.52 Å². The molecule has 0 fully saturated rings. The minimum absolute atomic E-state index is 0.146. The molecular weight excluding hydrogens is 390 g/mol. The average Bonchev–Trinajstić information content (AvgIpc) is 3.03. The normalized spacial score (nSPS) is 11.7. The van der Waals surface area contributed by atoms with Gasteiger partial charge in [0, 0.05) is 5.56 Å². The number of hydrogen-bond acceptors (Lipinski definition) is 7. The number of rotatable bonds is 5. The number of aromatic nitrogens is 3. The SMILES string of the molecule is CCOc1ccc(C=c2sc3nc(=O)c(-c4ccccc4)nn3c2=O)cc1OC. The Bertz CT molecular complexity index is 1350. The Morgan fingerprint density at radius 3 is 2.62 bits per heavy atom. The van der Waals surface area contributed by atoms with Crippen molar-refractivity contribution in [2.75, 3.05) is 13.7 Å². The van der Waals surface area contributed by atoms with Gasteiger partial charge >= 0.3 is 5.56 Å². The molecule has 0 spiro atoms. The van der Waals surface area contributed by atoms with E-state index < -0.39 is 5.56 Å². The maximum absolute atomic E-state index is 12.8. The van der Waals surface area contributed by atoms with Crippen LogP contribution in [0.3, 0.4) is 0 Å². The zero-order valence-corrected chi connectivity index (χ0v) is 16.6. The number of ether oxygens (including phenoxy) is 2. The number of hydrogen-bond donors (Lipinski definition) is 0. The molecule has 0 amide bonds. The van der Waals surface area contributed by atoms with Gasteiger partial charge in [0.05, 0.1) is 18.2 Å². The van der Waals surface area contributed by atoms with E-state index in [9.17, 15) is 9.59 Å². The third kappa shape index (κ3) is 3.62. The molecule has 0 aliphatic carbocycles. The highest BCUT2D eigenvalue weighted by Crippen LogP contribution is 2.28. The average molecular weight is 407 g/mol. The standard InChI is InChI=1S/C21H17N3O4S/c1-3-28-15-10-9-13(11-16(15)27-2)12-17-20(26)24-21(29-17)22-19(25)18(23-24)14-7-5-4-6-8-14/h4-12H,3H2,1-2H3. The zero-order valence-electron chi connectivity index (χ0n) is 15.8. The van der Waals surface area contributed by atoms with Gasteiger partial charge in [-0.15, -0.1) is 0 Å². The van der Waals surface area contributed by atoms with Crippen LogP contribution in [0, 0.1) is 0 Å². The lowest BCUT2D eigenvalue weighted by atomic mass is 10.2. The van der Waals surface area contributed by atoms with Crippen molar-refractivity contribution in [3.63, 3.8) is 0 Å². The lowest BCUT2D eigenvalue weighted by Crippen LogP contribution is -2.26. The first-order chi connectivity index (χ1) is 14.1. The van der Waals surface area contributed by atoms with Crippen molar-refractivity contribution >= 4 is 22.4 Å². The van der Waals surface area contributed by atoms with E-state index in [1.54, 1.807) is 49.6 Å². The van der Waals surface area contributed by atoms with Crippen molar-refractivity contribution in [3.8, 4) is 22.8 Å². The van der Waals surface area contributed by atoms with Crippen LogP contribution in [0.1, 0.15) is 12.5 Å². The van der Waals surface area contributed by atoms with Gasteiger partial charge in [-0.2, -0.15) is 14.6 Å². The smallest absolute Gasteiger partial charge is 0.300 e. The van der Waals surface area contributed by atoms with Crippen LogP contribution in [0.15, 0.2) is 58.1 Å². The molecule has 146 valence electrons. The van der Waals surface area contributed by atoms with Gasteiger partial charge in [-0.1, -0.05) is 47.7 Å². The topological polar surface area (TPSA) is 82.8 Å². The molecule has 0 aliphatic rings. The van der Waals surface area contributed by atoms with Crippen molar-refractivity contribution in [2.24, 2.45) is 0 Å². The van der Waals surface area contributed by atoms with E-state index in [0.29, 0.717) is 28.2 Å². The largest absolute Gasteiger partial charge is 0.493 e. The van der Waals surface area contributed by atoms with Crippen LogP contribution in [0.5, 0.6) is 11.5 Å². The quantitative estimate of drug-likeness (QED) is 0.504. The Morgan fingerprint density at radius 2 is 1.90 bits per heavy atom. The van der Waals surface area contributed by atoms with E-state index in [1.807, 2.05) is 19.1 Å². The van der Waals surface area contributed by atoms with Crippen molar-refractivity contribution in [3.05, 3.63) is 79.3 Å². The molecule has 0 radical (unpaired) electrons. The van der Waals surface area contributed by atoms with Crippen molar-refractivity contribution in [1.29, 1.82) is 0 Å². The van der Waals surface area contributed by atoms with E-state index in [0.717, 1.165) is 16.9 Å². The molecule has 4 aromatic rings. The summed E-state index contributed by atoms with van der Waals surface area (Å²) in [7, 11) is 1.56. The van der Waals surface area contributed by atoms with Crippen LogP contribution in [0.4, 0.5) is 0 Å². The molecule has 7 nitrogen and oxygen atoms in total. The van der Waals surface area contributed by atoms with Crippen LogP contribution in [0.2, 0.25) is 0 Å². The van der Waals surface area contributed by atoms with Crippen LogP contribution >= 0.6 is 11.3 Å². The molecule has 4 rings (SSSR count). The fourth-order valence-corrected chi connectivity index (χ4v) is 3.79. The molecule has 2 aromatic heterocycles. The summed E-state index contributed by atoms with van der Waals surface area (Å²) >= 11 is 1.11. The van der Waals surface area contributed by atoms with Gasteiger partial charge in [0.25, 0.3) is 5.56 Å². The third-order valence-electron chi connectivity index (χ3n) is 4.22. The Kier molecular flexibility index (Phi) is 5.09. The highest BCUT2D eigenvalue weighted by molar-refractivity contribution is 7.15. The Morgan fingerprint density at radius 1 is 1.10 bits per heavy atom. The number of thiazole rings is 1. The molecule has 2 heterocycles. The zero-order chi connectivity index (χ0) is 20.4. The molecule has 0 saturated heterocycles. The van der Waals surface area contributed by atoms with Gasteiger partial charge in [0.1, 0.15) is 0 Å². The van der Waals surface area contributed by atoms with Gasteiger partial charge < -0.3 is 9.47 Å². The van der Waals surface area contributed by atoms with Gasteiger partial charge in [-0.05, 0) is 30.7 Å². The Labute approximate surface area is 169 Å². The Balaban J connectivity index is 1.84. The highest BCUT2D eigenvalue weighted by Gasteiger charge is 2.13. The fraction of sp³-hybridized carbons (Fsp3) is 0.143. The molecule has 0 N–H and O–H groups in total. The molecule has 0 atom stereocenters. The van der Waals surface area contributed by atoms with E-state index in [-0.39, 0.29) is 16.2 Å². The maximum Gasteiger partial charge on any atom is 0.300 e. The second-order valence-electron chi connectivity index (χ2n) is 6.09. The van der Waals surface area contributed by atoms with E-state index in [4.69, 9.17) is 9.47 Å². The fourth-order valence-electron chi connectivity index (χ4n) is 2.89. The summed E-state index contributed by atoms with van der Waals surface area (Å²) < 4.78 is 12.5. The van der Waals surface area contributed by atoms with Gasteiger partial charge in [-0.3, -0.25) is 9.59 Å². The molecule has 0 aliphatic heterocycles. The lowest BCUT2D eigenvalue weighted by Gasteiger charge is -2.09. The highest BCUT2D eigenvalue weighted by atomic mass is 32.1. The number of benzene rings is 2. The summed E-state index contributed by atoms with van der Waals surface area (Å²) in [6.45, 7) is 2.42. The van der Waals surface area contributed by atoms with Crippen LogP contribution in [-0.2, 0) is 0 Å². The van der Waals surface area contributed by atoms with E-state index in [2.05, 4.69) is 10.1 Å². The van der Waals surface area contributed by atoms with Gasteiger partial charge in [-0.25, -0.2) is 0 Å². The molecule has 8 heteroatoms. The second-order valence-corrected chi connectivity index (χ2v) is 7.09. The predicted octanol–water partition coefficient (Wildman–Crippen LogP) is 2.13. The Hall–Kier alpha value is -3.52. The van der Waals surface area contributed by atoms with Gasteiger partial charge in [0.2, 0.25) is 4.96 Å². The van der Waals surface area contributed by atoms with E-state index >= 15 is 0 Å². The lowest BCUT2D eigenvalue weighted by molar-refractivity contribution is 0.311. The summed E-state index contributed by atoms with van der Waals surface area (Å²) in [4.78, 5) is 29.5. The first-order valence-corrected chi connectivity index (χ1v) is 9.74. The first kappa shape index (κ1) is 18.8. The van der Waals surface area contributed by atoms with Crippen LogP contribution in [0.25, 0.3) is 22.3 Å². The minimum Gasteiger partial charge on any atom is -0.493 e.